The molecule has 28 heavy (non-hydrogen) atoms. The standard InChI is InChI=1S/C19H15N5O4/c1-10-17(24-5-3-2-4-15(24)20-10)19(26)23-22-16-11-8-13-14(28-7-6-27-13)9-12(11)21-18(16)25/h2-5,8-9,21,25H,6-7H2,1H3. The summed E-state index contributed by atoms with van der Waals surface area (Å²) in [5.41, 5.74) is 2.30. The van der Waals surface area contributed by atoms with E-state index >= 15 is 0 Å². The van der Waals surface area contributed by atoms with Crippen LogP contribution in [0.25, 0.3) is 16.6 Å². The molecule has 0 fully saturated rings. The van der Waals surface area contributed by atoms with Crippen LogP contribution in [0, 0.1) is 6.92 Å². The molecule has 9 nitrogen and oxygen atoms in total. The highest BCUT2D eigenvalue weighted by atomic mass is 16.6. The number of nitrogens with one attached hydrogen (secondary N) is 1. The molecule has 4 heterocycles. The molecule has 0 radical (unpaired) electrons. The molecule has 0 spiro atoms. The van der Waals surface area contributed by atoms with E-state index in [1.165, 1.54) is 0 Å². The maximum Gasteiger partial charge on any atom is 0.314 e. The Bertz CT molecular complexity index is 1270. The van der Waals surface area contributed by atoms with Gasteiger partial charge in [0.1, 0.15) is 24.6 Å². The summed E-state index contributed by atoms with van der Waals surface area (Å²) in [7, 11) is 0. The third-order valence-electron chi connectivity index (χ3n) is 4.56. The molecule has 140 valence electrons. The maximum absolute atomic E-state index is 12.7. The number of carbonyl (C=O) groups excluding carboxylic acids is 1. The Morgan fingerprint density at radius 2 is 2.04 bits per heavy atom. The lowest BCUT2D eigenvalue weighted by atomic mass is 10.2. The molecule has 1 aliphatic rings. The van der Waals surface area contributed by atoms with Crippen molar-refractivity contribution in [2.45, 2.75) is 6.92 Å². The fourth-order valence-electron chi connectivity index (χ4n) is 3.32. The molecular formula is C19H15N5O4. The van der Waals surface area contributed by atoms with Crippen molar-refractivity contribution in [1.29, 1.82) is 0 Å². The van der Waals surface area contributed by atoms with Gasteiger partial charge in [0.15, 0.2) is 17.2 Å². The Hall–Kier alpha value is -3.88. The van der Waals surface area contributed by atoms with Gasteiger partial charge in [0.25, 0.3) is 0 Å². The number of H-pyrrole nitrogens is 1. The molecule has 1 aliphatic heterocycles. The summed E-state index contributed by atoms with van der Waals surface area (Å²) in [5.74, 6) is 0.394. The molecule has 0 saturated carbocycles. The number of aryl methyl sites for hydroxylation is 1. The molecule has 0 aliphatic carbocycles. The van der Waals surface area contributed by atoms with Gasteiger partial charge < -0.3 is 19.6 Å². The number of hydrogen-bond donors (Lipinski definition) is 2. The van der Waals surface area contributed by atoms with Crippen molar-refractivity contribution in [3.63, 3.8) is 0 Å². The molecule has 2 N–H and O–H groups in total. The SMILES string of the molecule is Cc1nc2ccccn2c1C(=O)N=Nc1c(O)[nH]c2cc3c(cc12)OCCO3. The van der Waals surface area contributed by atoms with E-state index in [1.807, 2.05) is 6.07 Å². The van der Waals surface area contributed by atoms with Crippen molar-refractivity contribution in [3.8, 4) is 17.4 Å². The number of nitrogens with zero attached hydrogens (tertiary/aromatic N) is 4. The number of rotatable bonds is 2. The van der Waals surface area contributed by atoms with E-state index in [4.69, 9.17) is 9.47 Å². The predicted octanol–water partition coefficient (Wildman–Crippen LogP) is 3.52. The summed E-state index contributed by atoms with van der Waals surface area (Å²) in [6.07, 6.45) is 1.74. The van der Waals surface area contributed by atoms with Crippen LogP contribution in [-0.2, 0) is 0 Å². The molecule has 4 aromatic rings. The van der Waals surface area contributed by atoms with Gasteiger partial charge >= 0.3 is 5.91 Å². The summed E-state index contributed by atoms with van der Waals surface area (Å²) in [5, 5.41) is 18.6. The summed E-state index contributed by atoms with van der Waals surface area (Å²) in [6, 6.07) is 8.88. The number of imidazole rings is 1. The molecule has 0 saturated heterocycles. The lowest BCUT2D eigenvalue weighted by Crippen LogP contribution is -2.15. The largest absolute Gasteiger partial charge is 0.493 e. The molecule has 3 aromatic heterocycles. The van der Waals surface area contributed by atoms with Crippen molar-refractivity contribution in [3.05, 3.63) is 47.9 Å². The van der Waals surface area contributed by atoms with Crippen LogP contribution >= 0.6 is 0 Å². The van der Waals surface area contributed by atoms with Gasteiger partial charge in [-0.3, -0.25) is 9.20 Å². The van der Waals surface area contributed by atoms with E-state index in [9.17, 15) is 9.90 Å². The highest BCUT2D eigenvalue weighted by Gasteiger charge is 2.20. The van der Waals surface area contributed by atoms with Crippen LogP contribution in [0.3, 0.4) is 0 Å². The van der Waals surface area contributed by atoms with Crippen LogP contribution in [-0.4, -0.2) is 38.6 Å². The average Bonchev–Trinajstić information content (AvgIpc) is 3.19. The lowest BCUT2D eigenvalue weighted by Gasteiger charge is -2.17. The van der Waals surface area contributed by atoms with Crippen LogP contribution in [0.5, 0.6) is 17.4 Å². The Morgan fingerprint density at radius 1 is 1.25 bits per heavy atom. The first-order chi connectivity index (χ1) is 13.6. The first-order valence-electron chi connectivity index (χ1n) is 8.66. The molecule has 0 atom stereocenters. The zero-order chi connectivity index (χ0) is 19.3. The summed E-state index contributed by atoms with van der Waals surface area (Å²) < 4.78 is 12.8. The van der Waals surface area contributed by atoms with Crippen molar-refractivity contribution < 1.29 is 19.4 Å². The van der Waals surface area contributed by atoms with Gasteiger partial charge in [-0.05, 0) is 25.1 Å². The fraction of sp³-hybridized carbons (Fsp3) is 0.158. The normalized spacial score (nSPS) is 13.6. The van der Waals surface area contributed by atoms with Crippen molar-refractivity contribution in [2.24, 2.45) is 10.2 Å². The number of hydrogen-bond acceptors (Lipinski definition) is 6. The Morgan fingerprint density at radius 3 is 2.86 bits per heavy atom. The van der Waals surface area contributed by atoms with E-state index in [1.54, 1.807) is 41.8 Å². The Balaban J connectivity index is 1.55. The molecule has 0 unspecified atom stereocenters. The fourth-order valence-corrected chi connectivity index (χ4v) is 3.32. The number of amides is 1. The van der Waals surface area contributed by atoms with Gasteiger partial charge in [0.05, 0.1) is 11.2 Å². The third kappa shape index (κ3) is 2.48. The molecule has 0 bridgehead atoms. The number of aromatic hydroxyl groups is 1. The van der Waals surface area contributed by atoms with Gasteiger partial charge in [-0.15, -0.1) is 10.2 Å². The second-order valence-corrected chi connectivity index (χ2v) is 6.34. The minimum atomic E-state index is -0.553. The van der Waals surface area contributed by atoms with Gasteiger partial charge in [-0.1, -0.05) is 6.07 Å². The average molecular weight is 377 g/mol. The number of ether oxygens (including phenoxy) is 2. The summed E-state index contributed by atoms with van der Waals surface area (Å²) >= 11 is 0. The zero-order valence-corrected chi connectivity index (χ0v) is 14.8. The number of benzene rings is 1. The number of aromatic nitrogens is 3. The first kappa shape index (κ1) is 16.3. The smallest absolute Gasteiger partial charge is 0.314 e. The van der Waals surface area contributed by atoms with Crippen LogP contribution in [0.1, 0.15) is 16.2 Å². The maximum atomic E-state index is 12.7. The topological polar surface area (TPSA) is 114 Å². The zero-order valence-electron chi connectivity index (χ0n) is 14.8. The van der Waals surface area contributed by atoms with Crippen LogP contribution in [0.2, 0.25) is 0 Å². The number of pyridine rings is 1. The Labute approximate surface area is 158 Å². The quantitative estimate of drug-likeness (QED) is 0.519. The van der Waals surface area contributed by atoms with E-state index in [0.29, 0.717) is 52.7 Å². The lowest BCUT2D eigenvalue weighted by molar-refractivity contribution is 0.0989. The number of aromatic amines is 1. The number of azo groups is 1. The Kier molecular flexibility index (Phi) is 3.54. The number of fused-ring (bicyclic) bond motifs is 3. The second kappa shape index (κ2) is 6.08. The first-order valence-corrected chi connectivity index (χ1v) is 8.66. The molecule has 1 amide bonds. The van der Waals surface area contributed by atoms with Crippen molar-refractivity contribution in [1.82, 2.24) is 14.4 Å². The highest BCUT2D eigenvalue weighted by Crippen LogP contribution is 2.42. The van der Waals surface area contributed by atoms with Gasteiger partial charge in [-0.2, -0.15) is 0 Å². The van der Waals surface area contributed by atoms with Crippen LogP contribution in [0.15, 0.2) is 46.8 Å². The summed E-state index contributed by atoms with van der Waals surface area (Å²) in [6.45, 7) is 2.64. The van der Waals surface area contributed by atoms with Crippen LogP contribution < -0.4 is 9.47 Å². The molecule has 9 heteroatoms. The van der Waals surface area contributed by atoms with Crippen LogP contribution in [0.4, 0.5) is 5.69 Å². The minimum Gasteiger partial charge on any atom is -0.493 e. The molecular weight excluding hydrogens is 362 g/mol. The van der Waals surface area contributed by atoms with Gasteiger partial charge in [-0.25, -0.2) is 4.98 Å². The molecule has 1 aromatic carbocycles. The summed E-state index contributed by atoms with van der Waals surface area (Å²) in [4.78, 5) is 19.8. The monoisotopic (exact) mass is 377 g/mol. The highest BCUT2D eigenvalue weighted by molar-refractivity contribution is 5.98. The molecule has 5 rings (SSSR count). The van der Waals surface area contributed by atoms with Gasteiger partial charge in [0, 0.05) is 17.6 Å². The predicted molar refractivity (Wildman–Crippen MR) is 99.7 cm³/mol. The van der Waals surface area contributed by atoms with E-state index < -0.39 is 5.91 Å². The van der Waals surface area contributed by atoms with Gasteiger partial charge in [0.2, 0.25) is 5.88 Å². The van der Waals surface area contributed by atoms with Crippen molar-refractivity contribution in [2.75, 3.05) is 13.2 Å². The minimum absolute atomic E-state index is 0.159. The van der Waals surface area contributed by atoms with E-state index in [2.05, 4.69) is 20.2 Å². The number of carbonyl (C=O) groups is 1. The van der Waals surface area contributed by atoms with E-state index in [0.717, 1.165) is 0 Å². The van der Waals surface area contributed by atoms with E-state index in [-0.39, 0.29) is 11.6 Å². The third-order valence-corrected chi connectivity index (χ3v) is 4.56. The second-order valence-electron chi connectivity index (χ2n) is 6.34. The van der Waals surface area contributed by atoms with Crippen molar-refractivity contribution >= 4 is 28.1 Å².